The van der Waals surface area contributed by atoms with Crippen LogP contribution in [-0.2, 0) is 48.2 Å². The molecule has 0 bridgehead atoms. The lowest BCUT2D eigenvalue weighted by atomic mass is 9.81. The highest BCUT2D eigenvalue weighted by Crippen LogP contribution is 2.36. The molecule has 6 heterocycles. The van der Waals surface area contributed by atoms with Gasteiger partial charge in [-0.3, -0.25) is 33.7 Å². The number of amides is 2. The zero-order chi connectivity index (χ0) is 43.2. The zero-order valence-electron chi connectivity index (χ0n) is 35.8. The second-order valence-corrected chi connectivity index (χ2v) is 18.7. The normalized spacial score (nSPS) is 20.9. The van der Waals surface area contributed by atoms with Crippen molar-refractivity contribution in [1.82, 2.24) is 29.0 Å². The number of hydrogen-bond acceptors (Lipinski definition) is 7. The number of piperazine rings is 1. The molecule has 1 N–H and O–H groups in total. The Hall–Kier alpha value is -5.24. The third-order valence-electron chi connectivity index (χ3n) is 14.6. The van der Waals surface area contributed by atoms with Crippen molar-refractivity contribution in [3.05, 3.63) is 135 Å². The summed E-state index contributed by atoms with van der Waals surface area (Å²) in [5.41, 5.74) is 7.25. The number of rotatable bonds is 11. The summed E-state index contributed by atoms with van der Waals surface area (Å²) in [6.45, 7) is 7.89. The molecule has 2 amide bonds. The van der Waals surface area contributed by atoms with Crippen LogP contribution in [0.2, 0.25) is 0 Å². The van der Waals surface area contributed by atoms with Gasteiger partial charge >= 0.3 is 11.9 Å². The number of pyridine rings is 1. The molecule has 1 atom stereocenters. The molecular formula is C50H56F3N7O3. The topological polar surface area (TPSA) is 85.5 Å². The van der Waals surface area contributed by atoms with Gasteiger partial charge in [0.05, 0.1) is 22.8 Å². The number of imidazole rings is 1. The number of nitrogens with zero attached hydrogens (tertiary/aromatic N) is 6. The monoisotopic (exact) mass is 859 g/mol. The summed E-state index contributed by atoms with van der Waals surface area (Å²) in [5, 5.41) is 2.50. The van der Waals surface area contributed by atoms with E-state index in [9.17, 15) is 27.6 Å². The van der Waals surface area contributed by atoms with Crippen molar-refractivity contribution in [2.75, 3.05) is 50.7 Å². The van der Waals surface area contributed by atoms with E-state index in [0.717, 1.165) is 90.1 Å². The molecule has 4 fully saturated rings. The molecule has 3 saturated heterocycles. The van der Waals surface area contributed by atoms with Gasteiger partial charge in [0.2, 0.25) is 11.8 Å². The number of carbonyl (C=O) groups excluding carboxylic acids is 2. The molecule has 5 aromatic rings. The Bertz CT molecular complexity index is 2550. The molecule has 10 nitrogen and oxygen atoms in total. The Kier molecular flexibility index (Phi) is 11.5. The van der Waals surface area contributed by atoms with E-state index in [1.807, 2.05) is 18.2 Å². The average Bonchev–Trinajstić information content (AvgIpc) is 3.84. The molecule has 4 aliphatic heterocycles. The van der Waals surface area contributed by atoms with Gasteiger partial charge in [-0.15, -0.1) is 0 Å². The minimum absolute atomic E-state index is 0.126. The summed E-state index contributed by atoms with van der Waals surface area (Å²) >= 11 is 0. The van der Waals surface area contributed by atoms with Gasteiger partial charge in [-0.2, -0.15) is 13.2 Å². The number of nitrogens with one attached hydrogen (secondary N) is 1. The molecule has 63 heavy (non-hydrogen) atoms. The highest BCUT2D eigenvalue weighted by atomic mass is 19.4. The van der Waals surface area contributed by atoms with E-state index < -0.39 is 17.4 Å². The number of benzene rings is 3. The van der Waals surface area contributed by atoms with Crippen molar-refractivity contribution in [3.8, 4) is 5.69 Å². The van der Waals surface area contributed by atoms with E-state index >= 15 is 0 Å². The van der Waals surface area contributed by atoms with Crippen molar-refractivity contribution in [1.29, 1.82) is 0 Å². The van der Waals surface area contributed by atoms with Gasteiger partial charge in [0.1, 0.15) is 0 Å². The van der Waals surface area contributed by atoms with Crippen molar-refractivity contribution >= 4 is 23.0 Å². The number of carbonyl (C=O) groups is 2. The summed E-state index contributed by atoms with van der Waals surface area (Å²) in [5.74, 6) is 0.806. The Morgan fingerprint density at radius 3 is 2.19 bits per heavy atom. The maximum Gasteiger partial charge on any atom is 0.418 e. The molecule has 1 aliphatic carbocycles. The summed E-state index contributed by atoms with van der Waals surface area (Å²) < 4.78 is 46.0. The molecule has 0 radical (unpaired) electrons. The van der Waals surface area contributed by atoms with Gasteiger partial charge in [0.15, 0.2) is 0 Å². The summed E-state index contributed by atoms with van der Waals surface area (Å²) in [6.07, 6.45) is 6.98. The predicted octanol–water partition coefficient (Wildman–Crippen LogP) is 7.32. The van der Waals surface area contributed by atoms with E-state index in [2.05, 4.69) is 67.4 Å². The molecule has 5 aliphatic rings. The van der Waals surface area contributed by atoms with Gasteiger partial charge in [-0.25, -0.2) is 4.79 Å². The van der Waals surface area contributed by atoms with Crippen LogP contribution in [0.15, 0.2) is 90.0 Å². The number of aromatic nitrogens is 2. The second kappa shape index (κ2) is 17.4. The van der Waals surface area contributed by atoms with E-state index in [1.54, 1.807) is 12.3 Å². The molecule has 13 heteroatoms. The van der Waals surface area contributed by atoms with Gasteiger partial charge in [-0.05, 0) is 108 Å². The molecule has 1 saturated carbocycles. The molecule has 330 valence electrons. The van der Waals surface area contributed by atoms with Crippen LogP contribution < -0.4 is 15.9 Å². The first-order chi connectivity index (χ1) is 30.5. The predicted molar refractivity (Wildman–Crippen MR) is 237 cm³/mol. The third-order valence-corrected chi connectivity index (χ3v) is 14.6. The van der Waals surface area contributed by atoms with E-state index in [4.69, 9.17) is 0 Å². The Labute approximate surface area is 366 Å². The molecular weight excluding hydrogens is 804 g/mol. The van der Waals surface area contributed by atoms with Crippen molar-refractivity contribution < 1.29 is 22.8 Å². The van der Waals surface area contributed by atoms with Crippen molar-refractivity contribution in [2.24, 2.45) is 5.92 Å². The van der Waals surface area contributed by atoms with Crippen LogP contribution in [0.5, 0.6) is 0 Å². The highest BCUT2D eigenvalue weighted by Gasteiger charge is 2.36. The first kappa shape index (κ1) is 41.8. The van der Waals surface area contributed by atoms with Crippen LogP contribution >= 0.6 is 0 Å². The number of fused-ring (bicyclic) bond motifs is 2. The smallest absolute Gasteiger partial charge is 0.371 e. The molecule has 3 aromatic carbocycles. The fraction of sp³-hybridized carbons (Fsp3) is 0.460. The Morgan fingerprint density at radius 2 is 1.46 bits per heavy atom. The summed E-state index contributed by atoms with van der Waals surface area (Å²) in [7, 11) is 0. The van der Waals surface area contributed by atoms with Crippen molar-refractivity contribution in [2.45, 2.75) is 95.6 Å². The van der Waals surface area contributed by atoms with E-state index in [-0.39, 0.29) is 23.4 Å². The second-order valence-electron chi connectivity index (χ2n) is 18.7. The van der Waals surface area contributed by atoms with Crippen molar-refractivity contribution in [3.63, 3.8) is 0 Å². The lowest BCUT2D eigenvalue weighted by Crippen LogP contribution is -2.50. The van der Waals surface area contributed by atoms with Crippen LogP contribution in [0.25, 0.3) is 11.2 Å². The van der Waals surface area contributed by atoms with Crippen LogP contribution in [0.1, 0.15) is 89.8 Å². The standard InChI is InChI=1S/C50H56F3N7O3/c51-50(52,53)44-27-37(30-60-46(44)33-59(49(60)63)43-6-2-5-36(26-43)25-35-3-1-4-35)29-56-23-21-55(22-24-56)18-15-34-7-9-38(10-8-34)39-16-19-57(20-17-39)42-12-11-40-31-58(32-41(40)28-42)45-13-14-47(61)54-48(45)62/h2,5-12,26-28,30,33,35,39,45H,1,3-4,13-25,29,31-32H2,(H,54,61,62)/t45-/m0/s1. The van der Waals surface area contributed by atoms with Gasteiger partial charge in [-0.1, -0.05) is 61.7 Å². The maximum atomic E-state index is 14.5. The maximum absolute atomic E-state index is 14.5. The number of anilines is 1. The Balaban J connectivity index is 0.700. The molecule has 0 unspecified atom stereocenters. The van der Waals surface area contributed by atoms with Gasteiger partial charge in [0, 0.05) is 89.9 Å². The lowest BCUT2D eigenvalue weighted by molar-refractivity contribution is -0.138. The Morgan fingerprint density at radius 1 is 0.698 bits per heavy atom. The fourth-order valence-corrected chi connectivity index (χ4v) is 10.6. The number of piperidine rings is 2. The lowest BCUT2D eigenvalue weighted by Gasteiger charge is -2.35. The highest BCUT2D eigenvalue weighted by molar-refractivity contribution is 6.00. The summed E-state index contributed by atoms with van der Waals surface area (Å²) in [6, 6.07) is 24.5. The number of halogens is 3. The van der Waals surface area contributed by atoms with E-state index in [0.29, 0.717) is 42.5 Å². The van der Waals surface area contributed by atoms with Crippen LogP contribution in [0.4, 0.5) is 18.9 Å². The number of alkyl halides is 3. The summed E-state index contributed by atoms with van der Waals surface area (Å²) in [4.78, 5) is 47.1. The average molecular weight is 860 g/mol. The number of imide groups is 1. The third kappa shape index (κ3) is 8.97. The fourth-order valence-electron chi connectivity index (χ4n) is 10.6. The first-order valence-electron chi connectivity index (χ1n) is 22.9. The first-order valence-corrected chi connectivity index (χ1v) is 22.9. The zero-order valence-corrected chi connectivity index (χ0v) is 35.8. The van der Waals surface area contributed by atoms with Crippen LogP contribution in [0, 0.1) is 5.92 Å². The molecule has 0 spiro atoms. The van der Waals surface area contributed by atoms with Gasteiger partial charge in [0.25, 0.3) is 0 Å². The molecule has 2 aromatic heterocycles. The quantitative estimate of drug-likeness (QED) is 0.140. The van der Waals surface area contributed by atoms with Gasteiger partial charge < -0.3 is 9.80 Å². The largest absolute Gasteiger partial charge is 0.418 e. The van der Waals surface area contributed by atoms with E-state index in [1.165, 1.54) is 68.4 Å². The molecule has 10 rings (SSSR count). The van der Waals surface area contributed by atoms with Crippen LogP contribution in [-0.4, -0.2) is 87.3 Å². The minimum atomic E-state index is -4.60. The minimum Gasteiger partial charge on any atom is -0.371 e. The number of hydrogen-bond donors (Lipinski definition) is 1. The SMILES string of the molecule is O=C1CC[C@H](N2Cc3ccc(N4CCC(c5ccc(CCN6CCN(Cc7cc(C(F)(F)F)c8cn(-c9cccc(CC%10CCC%10)c9)c(=O)n8c7)CC6)cc5)CC4)cc3C2)C(=O)N1. The van der Waals surface area contributed by atoms with Crippen LogP contribution in [0.3, 0.4) is 0 Å².